The number of hydrogen-bond acceptors (Lipinski definition) is 2. The average Bonchev–Trinajstić information content (AvgIpc) is 2.22. The summed E-state index contributed by atoms with van der Waals surface area (Å²) >= 11 is 0. The van der Waals surface area contributed by atoms with Crippen LogP contribution in [0.5, 0.6) is 0 Å². The minimum Gasteiger partial charge on any atom is -0.395 e. The fourth-order valence-corrected chi connectivity index (χ4v) is 1.98. The first-order chi connectivity index (χ1) is 6.74. The van der Waals surface area contributed by atoms with Gasteiger partial charge in [0.2, 0.25) is 0 Å². The summed E-state index contributed by atoms with van der Waals surface area (Å²) in [5.74, 6) is 1.75. The third-order valence-electron chi connectivity index (χ3n) is 2.99. The van der Waals surface area contributed by atoms with Crippen LogP contribution in [0.25, 0.3) is 0 Å². The van der Waals surface area contributed by atoms with Gasteiger partial charge in [-0.1, -0.05) is 27.7 Å². The Morgan fingerprint density at radius 2 is 1.71 bits per heavy atom. The Labute approximate surface area is 89.3 Å². The van der Waals surface area contributed by atoms with Gasteiger partial charge in [-0.2, -0.15) is 0 Å². The van der Waals surface area contributed by atoms with Crippen molar-refractivity contribution < 1.29 is 5.11 Å². The maximum absolute atomic E-state index is 8.75. The van der Waals surface area contributed by atoms with Crippen LogP contribution in [0.2, 0.25) is 0 Å². The van der Waals surface area contributed by atoms with Crippen LogP contribution in [0.4, 0.5) is 0 Å². The molecule has 0 bridgehead atoms. The van der Waals surface area contributed by atoms with Gasteiger partial charge in [-0.3, -0.25) is 0 Å². The Bertz CT molecular complexity index is 117. The van der Waals surface area contributed by atoms with Crippen molar-refractivity contribution >= 4 is 0 Å². The van der Waals surface area contributed by atoms with E-state index in [-0.39, 0.29) is 0 Å². The number of piperidine rings is 1. The maximum atomic E-state index is 8.75. The molecular weight excluding hydrogens is 174 g/mol. The lowest BCUT2D eigenvalue weighted by Crippen LogP contribution is -2.36. The van der Waals surface area contributed by atoms with Gasteiger partial charge in [0, 0.05) is 6.54 Å². The third-order valence-corrected chi connectivity index (χ3v) is 2.99. The van der Waals surface area contributed by atoms with Gasteiger partial charge < -0.3 is 10.0 Å². The number of hydrogen-bond donors (Lipinski definition) is 1. The Balaban J connectivity index is 0.000000791. The van der Waals surface area contributed by atoms with Gasteiger partial charge in [0.15, 0.2) is 0 Å². The van der Waals surface area contributed by atoms with Gasteiger partial charge in [-0.15, -0.1) is 0 Å². The molecule has 0 saturated carbocycles. The zero-order chi connectivity index (χ0) is 11.0. The van der Waals surface area contributed by atoms with Crippen LogP contribution in [-0.4, -0.2) is 36.2 Å². The molecule has 1 aliphatic rings. The van der Waals surface area contributed by atoms with E-state index in [1.54, 1.807) is 0 Å². The van der Waals surface area contributed by atoms with Gasteiger partial charge in [-0.25, -0.2) is 0 Å². The van der Waals surface area contributed by atoms with Gasteiger partial charge in [0.25, 0.3) is 0 Å². The zero-order valence-corrected chi connectivity index (χ0v) is 10.3. The molecule has 1 heterocycles. The van der Waals surface area contributed by atoms with Crippen LogP contribution in [0.3, 0.4) is 0 Å². The Kier molecular flexibility index (Phi) is 8.20. The van der Waals surface area contributed by atoms with E-state index in [4.69, 9.17) is 5.11 Å². The SMILES string of the molecule is CC.CC(C)C1CCN(CCO)CC1. The fourth-order valence-electron chi connectivity index (χ4n) is 1.98. The predicted molar refractivity (Wildman–Crippen MR) is 62.4 cm³/mol. The molecule has 1 N–H and O–H groups in total. The summed E-state index contributed by atoms with van der Waals surface area (Å²) in [7, 11) is 0. The minimum atomic E-state index is 0.312. The second-order valence-corrected chi connectivity index (χ2v) is 4.15. The summed E-state index contributed by atoms with van der Waals surface area (Å²) in [4.78, 5) is 2.36. The smallest absolute Gasteiger partial charge is 0.0558 e. The molecule has 0 aromatic rings. The summed E-state index contributed by atoms with van der Waals surface area (Å²) in [5.41, 5.74) is 0. The van der Waals surface area contributed by atoms with Crippen molar-refractivity contribution in [3.8, 4) is 0 Å². The number of rotatable bonds is 3. The van der Waals surface area contributed by atoms with E-state index < -0.39 is 0 Å². The highest BCUT2D eigenvalue weighted by molar-refractivity contribution is 4.73. The fraction of sp³-hybridized carbons (Fsp3) is 1.00. The van der Waals surface area contributed by atoms with Crippen molar-refractivity contribution in [3.63, 3.8) is 0 Å². The molecule has 0 aromatic heterocycles. The highest BCUT2D eigenvalue weighted by Gasteiger charge is 2.20. The van der Waals surface area contributed by atoms with Gasteiger partial charge in [-0.05, 0) is 37.8 Å². The van der Waals surface area contributed by atoms with E-state index in [9.17, 15) is 0 Å². The number of aliphatic hydroxyl groups is 1. The van der Waals surface area contributed by atoms with Crippen molar-refractivity contribution in [1.29, 1.82) is 0 Å². The van der Waals surface area contributed by atoms with E-state index in [1.807, 2.05) is 13.8 Å². The quantitative estimate of drug-likeness (QED) is 0.758. The first kappa shape index (κ1) is 13.9. The van der Waals surface area contributed by atoms with E-state index in [1.165, 1.54) is 25.9 Å². The average molecular weight is 201 g/mol. The maximum Gasteiger partial charge on any atom is 0.0558 e. The summed E-state index contributed by atoms with van der Waals surface area (Å²) in [5, 5.41) is 8.75. The lowest BCUT2D eigenvalue weighted by molar-refractivity contribution is 0.131. The highest BCUT2D eigenvalue weighted by Crippen LogP contribution is 2.23. The number of nitrogens with zero attached hydrogens (tertiary/aromatic N) is 1. The molecule has 0 aliphatic carbocycles. The van der Waals surface area contributed by atoms with Crippen molar-refractivity contribution in [2.45, 2.75) is 40.5 Å². The zero-order valence-electron chi connectivity index (χ0n) is 10.3. The summed E-state index contributed by atoms with van der Waals surface area (Å²) in [6.45, 7) is 12.2. The lowest BCUT2D eigenvalue weighted by atomic mass is 9.87. The molecule has 2 heteroatoms. The largest absolute Gasteiger partial charge is 0.395 e. The van der Waals surface area contributed by atoms with E-state index in [0.29, 0.717) is 6.61 Å². The minimum absolute atomic E-state index is 0.312. The summed E-state index contributed by atoms with van der Waals surface area (Å²) in [6.07, 6.45) is 2.63. The van der Waals surface area contributed by atoms with E-state index >= 15 is 0 Å². The van der Waals surface area contributed by atoms with E-state index in [2.05, 4.69) is 18.7 Å². The van der Waals surface area contributed by atoms with Crippen LogP contribution in [-0.2, 0) is 0 Å². The summed E-state index contributed by atoms with van der Waals surface area (Å²) < 4.78 is 0. The van der Waals surface area contributed by atoms with Crippen LogP contribution in [0, 0.1) is 11.8 Å². The van der Waals surface area contributed by atoms with E-state index in [0.717, 1.165) is 18.4 Å². The van der Waals surface area contributed by atoms with Gasteiger partial charge in [0.05, 0.1) is 6.61 Å². The van der Waals surface area contributed by atoms with Crippen LogP contribution in [0.1, 0.15) is 40.5 Å². The molecule has 0 atom stereocenters. The van der Waals surface area contributed by atoms with Gasteiger partial charge >= 0.3 is 0 Å². The molecule has 0 aromatic carbocycles. The predicted octanol–water partition coefficient (Wildman–Crippen LogP) is 2.37. The van der Waals surface area contributed by atoms with Crippen molar-refractivity contribution in [2.24, 2.45) is 11.8 Å². The molecule has 0 radical (unpaired) electrons. The summed E-state index contributed by atoms with van der Waals surface area (Å²) in [6, 6.07) is 0. The number of β-amino-alcohol motifs (C(OH)–C–C–N with tert-alkyl or cyclic N) is 1. The highest BCUT2D eigenvalue weighted by atomic mass is 16.3. The third kappa shape index (κ3) is 4.97. The second kappa shape index (κ2) is 8.25. The standard InChI is InChI=1S/C10H21NO.C2H6/c1-9(2)10-3-5-11(6-4-10)7-8-12;1-2/h9-10,12H,3-8H2,1-2H3;1-2H3. The molecular formula is C12H27NO. The molecule has 1 fully saturated rings. The first-order valence-electron chi connectivity index (χ1n) is 6.07. The molecule has 0 spiro atoms. The molecule has 86 valence electrons. The molecule has 14 heavy (non-hydrogen) atoms. The van der Waals surface area contributed by atoms with Crippen LogP contribution < -0.4 is 0 Å². The van der Waals surface area contributed by atoms with Crippen LogP contribution >= 0.6 is 0 Å². The van der Waals surface area contributed by atoms with Crippen molar-refractivity contribution in [2.75, 3.05) is 26.2 Å². The van der Waals surface area contributed by atoms with Crippen molar-refractivity contribution in [3.05, 3.63) is 0 Å². The monoisotopic (exact) mass is 201 g/mol. The van der Waals surface area contributed by atoms with Gasteiger partial charge in [0.1, 0.15) is 0 Å². The molecule has 1 rings (SSSR count). The van der Waals surface area contributed by atoms with Crippen LogP contribution in [0.15, 0.2) is 0 Å². The molecule has 1 saturated heterocycles. The Morgan fingerprint density at radius 3 is 2.07 bits per heavy atom. The van der Waals surface area contributed by atoms with Crippen molar-refractivity contribution in [1.82, 2.24) is 4.90 Å². The Morgan fingerprint density at radius 1 is 1.21 bits per heavy atom. The normalized spacial score (nSPS) is 19.3. The topological polar surface area (TPSA) is 23.5 Å². The number of likely N-dealkylation sites (tertiary alicyclic amines) is 1. The molecule has 1 aliphatic heterocycles. The Hall–Kier alpha value is -0.0800. The molecule has 0 amide bonds. The second-order valence-electron chi connectivity index (χ2n) is 4.15. The first-order valence-corrected chi connectivity index (χ1v) is 6.07. The number of aliphatic hydroxyl groups excluding tert-OH is 1. The lowest BCUT2D eigenvalue weighted by Gasteiger charge is -2.33. The molecule has 2 nitrogen and oxygen atoms in total. The molecule has 0 unspecified atom stereocenters.